The van der Waals surface area contributed by atoms with Crippen LogP contribution in [0, 0.1) is 0 Å². The van der Waals surface area contributed by atoms with Crippen LogP contribution in [0.5, 0.6) is 0 Å². The zero-order valence-corrected chi connectivity index (χ0v) is 5.03. The molecule has 1 rings (SSSR count). The Balaban J connectivity index is 2.34. The molecule has 1 aliphatic rings. The number of amides is 1. The van der Waals surface area contributed by atoms with Gasteiger partial charge in [0.1, 0.15) is 5.50 Å². The van der Waals surface area contributed by atoms with Crippen LogP contribution in [-0.2, 0) is 4.79 Å². The van der Waals surface area contributed by atoms with Crippen LogP contribution in [0.2, 0.25) is 0 Å². The highest BCUT2D eigenvalue weighted by Crippen LogP contribution is 1.90. The minimum atomic E-state index is -0.226. The van der Waals surface area contributed by atoms with E-state index >= 15 is 0 Å². The van der Waals surface area contributed by atoms with Gasteiger partial charge in [-0.25, -0.2) is 0 Å². The van der Waals surface area contributed by atoms with Gasteiger partial charge in [-0.2, -0.15) is 0 Å². The lowest BCUT2D eigenvalue weighted by Gasteiger charge is -2.17. The first kappa shape index (κ1) is 5.85. The number of nitrogens with one attached hydrogen (secondary N) is 2. The van der Waals surface area contributed by atoms with E-state index in [1.54, 1.807) is 0 Å². The van der Waals surface area contributed by atoms with E-state index < -0.39 is 0 Å². The Morgan fingerprint density at radius 3 is 2.88 bits per heavy atom. The number of carbonyl (C=O) groups is 1. The van der Waals surface area contributed by atoms with Crippen LogP contribution in [0.25, 0.3) is 0 Å². The maximum Gasteiger partial charge on any atom is 0.235 e. The van der Waals surface area contributed by atoms with E-state index in [-0.39, 0.29) is 11.4 Å². The third-order valence-corrected chi connectivity index (χ3v) is 1.19. The lowest BCUT2D eigenvalue weighted by atomic mass is 10.4. The summed E-state index contributed by atoms with van der Waals surface area (Å²) < 4.78 is 0. The molecule has 1 unspecified atom stereocenters. The van der Waals surface area contributed by atoms with Crippen molar-refractivity contribution in [3.63, 3.8) is 0 Å². The Kier molecular flexibility index (Phi) is 1.70. The minimum absolute atomic E-state index is 0.0312. The number of carbonyl (C=O) groups excluding carboxylic acids is 1. The Morgan fingerprint density at radius 1 is 1.75 bits per heavy atom. The molecule has 1 fully saturated rings. The summed E-state index contributed by atoms with van der Waals surface area (Å²) in [4.78, 5) is 10.4. The lowest BCUT2D eigenvalue weighted by Crippen LogP contribution is -2.49. The molecule has 0 bridgehead atoms. The molecular formula is C4H7ClN2O. The van der Waals surface area contributed by atoms with Gasteiger partial charge in [0.2, 0.25) is 5.91 Å². The van der Waals surface area contributed by atoms with Crippen molar-refractivity contribution in [2.45, 2.75) is 5.50 Å². The van der Waals surface area contributed by atoms with Crippen molar-refractivity contribution in [3.8, 4) is 0 Å². The molecule has 46 valence electrons. The molecule has 1 saturated heterocycles. The van der Waals surface area contributed by atoms with Crippen LogP contribution in [0.15, 0.2) is 0 Å². The molecule has 0 radical (unpaired) electrons. The molecule has 0 aromatic heterocycles. The molecule has 0 spiro atoms. The van der Waals surface area contributed by atoms with E-state index in [9.17, 15) is 4.79 Å². The van der Waals surface area contributed by atoms with Crippen molar-refractivity contribution in [1.29, 1.82) is 0 Å². The van der Waals surface area contributed by atoms with E-state index in [2.05, 4.69) is 10.6 Å². The van der Waals surface area contributed by atoms with E-state index in [1.807, 2.05) is 0 Å². The first-order valence-electron chi connectivity index (χ1n) is 2.43. The monoisotopic (exact) mass is 134 g/mol. The van der Waals surface area contributed by atoms with Crippen LogP contribution in [-0.4, -0.2) is 24.5 Å². The highest BCUT2D eigenvalue weighted by molar-refractivity contribution is 6.21. The zero-order chi connectivity index (χ0) is 5.98. The second-order valence-electron chi connectivity index (χ2n) is 1.67. The topological polar surface area (TPSA) is 41.1 Å². The number of hydrogen-bond acceptors (Lipinski definition) is 2. The predicted octanol–water partition coefficient (Wildman–Crippen LogP) is -0.729. The third-order valence-electron chi connectivity index (χ3n) is 0.927. The van der Waals surface area contributed by atoms with Crippen LogP contribution < -0.4 is 10.6 Å². The van der Waals surface area contributed by atoms with Gasteiger partial charge in [0.25, 0.3) is 0 Å². The quantitative estimate of drug-likeness (QED) is 0.339. The summed E-state index contributed by atoms with van der Waals surface area (Å²) in [6, 6.07) is 0. The standard InChI is InChI=1S/C4H7ClN2O/c5-3-1-6-2-4(8)7-3/h3,6H,1-2H2,(H,7,8). The van der Waals surface area contributed by atoms with E-state index in [0.717, 1.165) is 0 Å². The Hall–Kier alpha value is -0.280. The van der Waals surface area contributed by atoms with E-state index in [4.69, 9.17) is 11.6 Å². The summed E-state index contributed by atoms with van der Waals surface area (Å²) in [6.07, 6.45) is 0. The van der Waals surface area contributed by atoms with Crippen molar-refractivity contribution in [2.24, 2.45) is 0 Å². The molecule has 1 atom stereocenters. The largest absolute Gasteiger partial charge is 0.338 e. The van der Waals surface area contributed by atoms with Crippen LogP contribution in [0.4, 0.5) is 0 Å². The van der Waals surface area contributed by atoms with Gasteiger partial charge >= 0.3 is 0 Å². The smallest absolute Gasteiger partial charge is 0.235 e. The highest BCUT2D eigenvalue weighted by atomic mass is 35.5. The van der Waals surface area contributed by atoms with Crippen molar-refractivity contribution in [2.75, 3.05) is 13.1 Å². The second-order valence-corrected chi connectivity index (χ2v) is 2.19. The molecule has 3 nitrogen and oxygen atoms in total. The lowest BCUT2D eigenvalue weighted by molar-refractivity contribution is -0.121. The van der Waals surface area contributed by atoms with Gasteiger partial charge in [0.15, 0.2) is 0 Å². The fourth-order valence-corrected chi connectivity index (χ4v) is 0.820. The summed E-state index contributed by atoms with van der Waals surface area (Å²) in [7, 11) is 0. The number of hydrogen-bond donors (Lipinski definition) is 2. The molecule has 1 amide bonds. The molecule has 1 heterocycles. The summed E-state index contributed by atoms with van der Waals surface area (Å²) in [6.45, 7) is 1.05. The SMILES string of the molecule is O=C1CNCC(Cl)N1. The van der Waals surface area contributed by atoms with Crippen LogP contribution in [0.1, 0.15) is 0 Å². The van der Waals surface area contributed by atoms with Gasteiger partial charge in [0.05, 0.1) is 6.54 Å². The van der Waals surface area contributed by atoms with Gasteiger partial charge in [0, 0.05) is 6.54 Å². The average Bonchev–Trinajstić information content (AvgIpc) is 1.64. The van der Waals surface area contributed by atoms with Crippen LogP contribution in [0.3, 0.4) is 0 Å². The molecule has 1 aliphatic heterocycles. The average molecular weight is 135 g/mol. The first-order valence-corrected chi connectivity index (χ1v) is 2.87. The summed E-state index contributed by atoms with van der Waals surface area (Å²) >= 11 is 5.52. The number of rotatable bonds is 0. The van der Waals surface area contributed by atoms with Gasteiger partial charge in [-0.05, 0) is 0 Å². The van der Waals surface area contributed by atoms with Crippen LogP contribution >= 0.6 is 11.6 Å². The summed E-state index contributed by atoms with van der Waals surface area (Å²) in [5.41, 5.74) is -0.226. The predicted molar refractivity (Wildman–Crippen MR) is 30.7 cm³/mol. The minimum Gasteiger partial charge on any atom is -0.338 e. The Labute approximate surface area is 52.4 Å². The molecule has 2 N–H and O–H groups in total. The Bertz CT molecular complexity index is 106. The fourth-order valence-electron chi connectivity index (χ4n) is 0.589. The van der Waals surface area contributed by atoms with Crippen molar-refractivity contribution < 1.29 is 4.79 Å². The van der Waals surface area contributed by atoms with Gasteiger partial charge < -0.3 is 10.6 Å². The normalized spacial score (nSPS) is 29.6. The third kappa shape index (κ3) is 1.35. The first-order chi connectivity index (χ1) is 3.79. The molecule has 8 heavy (non-hydrogen) atoms. The summed E-state index contributed by atoms with van der Waals surface area (Å²) in [5.74, 6) is -0.0312. The number of halogens is 1. The molecule has 4 heteroatoms. The highest BCUT2D eigenvalue weighted by Gasteiger charge is 2.13. The Morgan fingerprint density at radius 2 is 2.50 bits per heavy atom. The molecule has 0 saturated carbocycles. The number of alkyl halides is 1. The molecule has 0 aromatic carbocycles. The van der Waals surface area contributed by atoms with E-state index in [0.29, 0.717) is 13.1 Å². The molecule has 0 aromatic rings. The summed E-state index contributed by atoms with van der Waals surface area (Å²) in [5, 5.41) is 5.38. The maximum absolute atomic E-state index is 10.4. The maximum atomic E-state index is 10.4. The van der Waals surface area contributed by atoms with Gasteiger partial charge in [-0.15, -0.1) is 0 Å². The van der Waals surface area contributed by atoms with Crippen molar-refractivity contribution in [3.05, 3.63) is 0 Å². The molecule has 0 aliphatic carbocycles. The second kappa shape index (κ2) is 2.33. The zero-order valence-electron chi connectivity index (χ0n) is 4.28. The van der Waals surface area contributed by atoms with Gasteiger partial charge in [-0.1, -0.05) is 11.6 Å². The van der Waals surface area contributed by atoms with Gasteiger partial charge in [-0.3, -0.25) is 4.79 Å². The number of piperazine rings is 1. The van der Waals surface area contributed by atoms with Crippen molar-refractivity contribution >= 4 is 17.5 Å². The van der Waals surface area contributed by atoms with E-state index in [1.165, 1.54) is 0 Å². The molecular weight excluding hydrogens is 128 g/mol. The fraction of sp³-hybridized carbons (Fsp3) is 0.750. The van der Waals surface area contributed by atoms with Crippen molar-refractivity contribution in [1.82, 2.24) is 10.6 Å².